The first-order chi connectivity index (χ1) is 10.7. The van der Waals surface area contributed by atoms with Gasteiger partial charge in [-0.1, -0.05) is 19.1 Å². The Labute approximate surface area is 155 Å². The molecule has 132 valence electrons. The number of benzene rings is 1. The largest absolute Gasteiger partial charge is 0.485 e. The number of rotatable bonds is 9. The van der Waals surface area contributed by atoms with Crippen molar-refractivity contribution in [1.82, 2.24) is 10.6 Å². The standard InChI is InChI=1S/C16H26FN3O2.HI/c1-4-13(22-15-9-7-6-8-14(15)17)12-20-16(18-5-2)19-10-11-21-3;/h6-9,13H,4-5,10-12H2,1-3H3,(H2,18,19,20);1H. The summed E-state index contributed by atoms with van der Waals surface area (Å²) >= 11 is 0. The van der Waals surface area contributed by atoms with Crippen LogP contribution in [0.25, 0.3) is 0 Å². The number of aliphatic imine (C=N–C) groups is 1. The van der Waals surface area contributed by atoms with Gasteiger partial charge in [0, 0.05) is 20.2 Å². The van der Waals surface area contributed by atoms with E-state index < -0.39 is 0 Å². The minimum absolute atomic E-state index is 0. The molecule has 1 unspecified atom stereocenters. The molecular formula is C16H27FIN3O2. The Kier molecular flexibility index (Phi) is 12.7. The lowest BCUT2D eigenvalue weighted by molar-refractivity contribution is 0.196. The fourth-order valence-corrected chi connectivity index (χ4v) is 1.78. The van der Waals surface area contributed by atoms with E-state index in [-0.39, 0.29) is 41.6 Å². The van der Waals surface area contributed by atoms with E-state index >= 15 is 0 Å². The molecule has 0 saturated heterocycles. The third-order valence-corrected chi connectivity index (χ3v) is 2.98. The summed E-state index contributed by atoms with van der Waals surface area (Å²) in [4.78, 5) is 4.47. The van der Waals surface area contributed by atoms with Gasteiger partial charge >= 0.3 is 0 Å². The fourth-order valence-electron chi connectivity index (χ4n) is 1.78. The Morgan fingerprint density at radius 3 is 2.61 bits per heavy atom. The SMILES string of the molecule is CCNC(=NCC(CC)Oc1ccccc1F)NCCOC.I. The molecule has 23 heavy (non-hydrogen) atoms. The van der Waals surface area contributed by atoms with E-state index in [1.807, 2.05) is 13.8 Å². The van der Waals surface area contributed by atoms with E-state index in [4.69, 9.17) is 9.47 Å². The molecule has 0 aliphatic rings. The minimum Gasteiger partial charge on any atom is -0.485 e. The normalized spacial score (nSPS) is 12.3. The van der Waals surface area contributed by atoms with Crippen LogP contribution in [0.4, 0.5) is 4.39 Å². The molecular weight excluding hydrogens is 412 g/mol. The molecule has 0 saturated carbocycles. The third-order valence-electron chi connectivity index (χ3n) is 2.98. The van der Waals surface area contributed by atoms with E-state index in [1.54, 1.807) is 25.3 Å². The van der Waals surface area contributed by atoms with Gasteiger partial charge in [-0.2, -0.15) is 0 Å². The van der Waals surface area contributed by atoms with Crippen LogP contribution in [-0.2, 0) is 4.74 Å². The molecule has 0 amide bonds. The van der Waals surface area contributed by atoms with E-state index in [0.29, 0.717) is 25.7 Å². The molecule has 0 bridgehead atoms. The molecule has 1 aromatic carbocycles. The topological polar surface area (TPSA) is 54.9 Å². The second-order valence-corrected chi connectivity index (χ2v) is 4.72. The number of para-hydroxylation sites is 1. The summed E-state index contributed by atoms with van der Waals surface area (Å²) in [6.45, 7) is 6.49. The Hall–Kier alpha value is -1.09. The maximum absolute atomic E-state index is 13.6. The molecule has 0 radical (unpaired) electrons. The van der Waals surface area contributed by atoms with Crippen molar-refractivity contribution in [3.8, 4) is 5.75 Å². The third kappa shape index (κ3) is 8.95. The second kappa shape index (κ2) is 13.4. The molecule has 0 fully saturated rings. The van der Waals surface area contributed by atoms with E-state index in [9.17, 15) is 4.39 Å². The summed E-state index contributed by atoms with van der Waals surface area (Å²) in [7, 11) is 1.65. The van der Waals surface area contributed by atoms with Crippen LogP contribution < -0.4 is 15.4 Å². The van der Waals surface area contributed by atoms with Crippen molar-refractivity contribution in [2.45, 2.75) is 26.4 Å². The first kappa shape index (κ1) is 21.9. The molecule has 0 aliphatic carbocycles. The first-order valence-corrected chi connectivity index (χ1v) is 7.63. The van der Waals surface area contributed by atoms with Crippen molar-refractivity contribution in [3.05, 3.63) is 30.1 Å². The van der Waals surface area contributed by atoms with Crippen LogP contribution >= 0.6 is 24.0 Å². The molecule has 1 atom stereocenters. The molecule has 7 heteroatoms. The van der Waals surface area contributed by atoms with Gasteiger partial charge in [0.1, 0.15) is 6.10 Å². The number of hydrogen-bond donors (Lipinski definition) is 2. The maximum atomic E-state index is 13.6. The smallest absolute Gasteiger partial charge is 0.191 e. The Morgan fingerprint density at radius 2 is 2.00 bits per heavy atom. The van der Waals surface area contributed by atoms with E-state index in [2.05, 4.69) is 15.6 Å². The number of methoxy groups -OCH3 is 1. The summed E-state index contributed by atoms with van der Waals surface area (Å²) in [6, 6.07) is 6.42. The van der Waals surface area contributed by atoms with Gasteiger partial charge in [0.15, 0.2) is 17.5 Å². The molecule has 1 aromatic rings. The number of hydrogen-bond acceptors (Lipinski definition) is 3. The monoisotopic (exact) mass is 439 g/mol. The number of ether oxygens (including phenoxy) is 2. The van der Waals surface area contributed by atoms with Crippen LogP contribution in [-0.4, -0.2) is 45.4 Å². The van der Waals surface area contributed by atoms with Gasteiger partial charge in [-0.25, -0.2) is 9.38 Å². The average Bonchev–Trinajstić information content (AvgIpc) is 2.53. The Bertz CT molecular complexity index is 461. The van der Waals surface area contributed by atoms with Crippen LogP contribution in [0, 0.1) is 5.82 Å². The number of nitrogens with zero attached hydrogens (tertiary/aromatic N) is 1. The summed E-state index contributed by atoms with van der Waals surface area (Å²) in [5.74, 6) is 0.618. The molecule has 0 aliphatic heterocycles. The predicted octanol–water partition coefficient (Wildman–Crippen LogP) is 2.80. The summed E-state index contributed by atoms with van der Waals surface area (Å²) in [5.41, 5.74) is 0. The van der Waals surface area contributed by atoms with Crippen LogP contribution in [0.5, 0.6) is 5.75 Å². The Balaban J connectivity index is 0.00000484. The van der Waals surface area contributed by atoms with Crippen molar-refractivity contribution in [2.24, 2.45) is 4.99 Å². The molecule has 0 aromatic heterocycles. The number of nitrogens with one attached hydrogen (secondary N) is 2. The maximum Gasteiger partial charge on any atom is 0.191 e. The van der Waals surface area contributed by atoms with Crippen LogP contribution in [0.1, 0.15) is 20.3 Å². The van der Waals surface area contributed by atoms with Gasteiger partial charge in [-0.05, 0) is 25.5 Å². The van der Waals surface area contributed by atoms with Crippen molar-refractivity contribution >= 4 is 29.9 Å². The van der Waals surface area contributed by atoms with Crippen molar-refractivity contribution < 1.29 is 13.9 Å². The highest BCUT2D eigenvalue weighted by atomic mass is 127. The minimum atomic E-state index is -0.352. The summed E-state index contributed by atoms with van der Waals surface area (Å²) < 4.78 is 24.3. The first-order valence-electron chi connectivity index (χ1n) is 7.63. The van der Waals surface area contributed by atoms with Crippen molar-refractivity contribution in [3.63, 3.8) is 0 Å². The molecule has 5 nitrogen and oxygen atoms in total. The van der Waals surface area contributed by atoms with E-state index in [0.717, 1.165) is 13.0 Å². The van der Waals surface area contributed by atoms with Crippen molar-refractivity contribution in [1.29, 1.82) is 0 Å². The average molecular weight is 439 g/mol. The predicted molar refractivity (Wildman–Crippen MR) is 102 cm³/mol. The number of guanidine groups is 1. The highest BCUT2D eigenvalue weighted by molar-refractivity contribution is 14.0. The van der Waals surface area contributed by atoms with Gasteiger partial charge in [-0.15, -0.1) is 24.0 Å². The zero-order valence-electron chi connectivity index (χ0n) is 14.0. The van der Waals surface area contributed by atoms with Gasteiger partial charge in [0.25, 0.3) is 0 Å². The molecule has 2 N–H and O–H groups in total. The zero-order chi connectivity index (χ0) is 16.2. The second-order valence-electron chi connectivity index (χ2n) is 4.72. The zero-order valence-corrected chi connectivity index (χ0v) is 16.3. The van der Waals surface area contributed by atoms with Crippen LogP contribution in [0.15, 0.2) is 29.3 Å². The van der Waals surface area contributed by atoms with Crippen molar-refractivity contribution in [2.75, 3.05) is 33.4 Å². The van der Waals surface area contributed by atoms with Gasteiger partial charge < -0.3 is 20.1 Å². The Morgan fingerprint density at radius 1 is 1.26 bits per heavy atom. The van der Waals surface area contributed by atoms with E-state index in [1.165, 1.54) is 6.07 Å². The summed E-state index contributed by atoms with van der Waals surface area (Å²) in [6.07, 6.45) is 0.574. The fraction of sp³-hybridized carbons (Fsp3) is 0.562. The molecule has 0 spiro atoms. The number of halogens is 2. The van der Waals surface area contributed by atoms with Crippen LogP contribution in [0.3, 0.4) is 0 Å². The lowest BCUT2D eigenvalue weighted by Crippen LogP contribution is -2.39. The van der Waals surface area contributed by atoms with Gasteiger partial charge in [0.2, 0.25) is 0 Å². The lowest BCUT2D eigenvalue weighted by Gasteiger charge is -2.17. The highest BCUT2D eigenvalue weighted by Crippen LogP contribution is 2.18. The van der Waals surface area contributed by atoms with Crippen LogP contribution in [0.2, 0.25) is 0 Å². The lowest BCUT2D eigenvalue weighted by atomic mass is 10.2. The molecule has 1 rings (SSSR count). The van der Waals surface area contributed by atoms with Gasteiger partial charge in [-0.3, -0.25) is 0 Å². The molecule has 0 heterocycles. The highest BCUT2D eigenvalue weighted by Gasteiger charge is 2.11. The van der Waals surface area contributed by atoms with Gasteiger partial charge in [0.05, 0.1) is 13.2 Å². The summed E-state index contributed by atoms with van der Waals surface area (Å²) in [5, 5.41) is 6.31. The quantitative estimate of drug-likeness (QED) is 0.269.